The first kappa shape index (κ1) is 12.9. The average molecular weight is 242 g/mol. The molecule has 0 heterocycles. The minimum Gasteiger partial charge on any atom is -0.612 e. The van der Waals surface area contributed by atoms with E-state index in [1.54, 1.807) is 31.4 Å². The summed E-state index contributed by atoms with van der Waals surface area (Å²) in [6, 6.07) is 4.78. The number of ether oxygens (including phenoxy) is 2. The fraction of sp³-hybridized carbons (Fsp3) is 0.364. The normalized spacial score (nSPS) is 12.0. The minimum absolute atomic E-state index is 0.309. The molecule has 0 amide bonds. The van der Waals surface area contributed by atoms with E-state index in [0.29, 0.717) is 22.8 Å². The van der Waals surface area contributed by atoms with Gasteiger partial charge in [-0.15, -0.1) is 0 Å². The molecule has 0 aliphatic rings. The van der Waals surface area contributed by atoms with Crippen LogP contribution in [0.3, 0.4) is 0 Å². The highest BCUT2D eigenvalue weighted by molar-refractivity contribution is 7.90. The smallest absolute Gasteiger partial charge is 0.341 e. The van der Waals surface area contributed by atoms with Crippen molar-refractivity contribution in [3.63, 3.8) is 0 Å². The van der Waals surface area contributed by atoms with Crippen LogP contribution in [0, 0.1) is 0 Å². The molecule has 0 N–H and O–H groups in total. The van der Waals surface area contributed by atoms with Crippen LogP contribution in [-0.2, 0) is 15.9 Å². The largest absolute Gasteiger partial charge is 0.612 e. The highest BCUT2D eigenvalue weighted by Gasteiger charge is 2.16. The number of carbonyl (C=O) groups excluding carboxylic acids is 1. The van der Waals surface area contributed by atoms with Gasteiger partial charge in [-0.3, -0.25) is 0 Å². The van der Waals surface area contributed by atoms with E-state index >= 15 is 0 Å². The molecule has 0 radical (unpaired) electrons. The van der Waals surface area contributed by atoms with Gasteiger partial charge in [0, 0.05) is 6.07 Å². The van der Waals surface area contributed by atoms with Gasteiger partial charge in [-0.1, -0.05) is 0 Å². The van der Waals surface area contributed by atoms with E-state index in [1.165, 1.54) is 7.11 Å². The molecule has 0 spiro atoms. The molecule has 1 atom stereocenters. The highest BCUT2D eigenvalue weighted by atomic mass is 32.2. The predicted octanol–water partition coefficient (Wildman–Crippen LogP) is 1.61. The molecule has 0 aliphatic heterocycles. The van der Waals surface area contributed by atoms with Crippen LogP contribution in [0.4, 0.5) is 0 Å². The summed E-state index contributed by atoms with van der Waals surface area (Å²) in [6.07, 6.45) is 1.57. The first-order valence-electron chi connectivity index (χ1n) is 4.78. The van der Waals surface area contributed by atoms with Gasteiger partial charge in [0.1, 0.15) is 17.6 Å². The lowest BCUT2D eigenvalue weighted by Crippen LogP contribution is -2.08. The first-order valence-corrected chi connectivity index (χ1v) is 6.34. The lowest BCUT2D eigenvalue weighted by molar-refractivity contribution is 0.0522. The maximum absolute atomic E-state index is 11.5. The Labute approximate surface area is 97.7 Å². The molecular formula is C11H14O4S. The van der Waals surface area contributed by atoms with Crippen molar-refractivity contribution in [3.05, 3.63) is 23.8 Å². The van der Waals surface area contributed by atoms with Crippen LogP contribution in [0.2, 0.25) is 0 Å². The summed E-state index contributed by atoms with van der Waals surface area (Å²) in [7, 11) is 1.46. The van der Waals surface area contributed by atoms with Crippen molar-refractivity contribution in [2.24, 2.45) is 0 Å². The molecule has 0 saturated heterocycles. The monoisotopic (exact) mass is 242 g/mol. The molecule has 1 aromatic carbocycles. The Morgan fingerprint density at radius 1 is 1.50 bits per heavy atom. The summed E-state index contributed by atoms with van der Waals surface area (Å²) in [5.41, 5.74) is 0.346. The molecule has 1 unspecified atom stereocenters. The van der Waals surface area contributed by atoms with Gasteiger partial charge in [0.2, 0.25) is 0 Å². The molecule has 1 aromatic rings. The fourth-order valence-corrected chi connectivity index (χ4v) is 1.76. The lowest BCUT2D eigenvalue weighted by Gasteiger charge is -2.10. The van der Waals surface area contributed by atoms with E-state index in [0.717, 1.165) is 0 Å². The van der Waals surface area contributed by atoms with Crippen LogP contribution >= 0.6 is 0 Å². The summed E-state index contributed by atoms with van der Waals surface area (Å²) in [5.74, 6) is -0.0565. The van der Waals surface area contributed by atoms with Crippen LogP contribution in [0.25, 0.3) is 0 Å². The molecule has 5 heteroatoms. The van der Waals surface area contributed by atoms with Crippen LogP contribution in [0.1, 0.15) is 17.3 Å². The Hall–Kier alpha value is -1.20. The zero-order valence-corrected chi connectivity index (χ0v) is 10.3. The van der Waals surface area contributed by atoms with E-state index in [2.05, 4.69) is 0 Å². The summed E-state index contributed by atoms with van der Waals surface area (Å²) < 4.78 is 21.2. The third-order valence-corrected chi connectivity index (χ3v) is 2.92. The number of methoxy groups -OCH3 is 1. The molecule has 16 heavy (non-hydrogen) atoms. The Balaban J connectivity index is 3.06. The molecule has 0 bridgehead atoms. The summed E-state index contributed by atoms with van der Waals surface area (Å²) >= 11 is -1.10. The van der Waals surface area contributed by atoms with E-state index in [1.807, 2.05) is 0 Å². The highest BCUT2D eigenvalue weighted by Crippen LogP contribution is 2.23. The molecule has 1 rings (SSSR count). The van der Waals surface area contributed by atoms with Crippen molar-refractivity contribution >= 4 is 17.1 Å². The number of benzene rings is 1. The molecular weight excluding hydrogens is 228 g/mol. The Kier molecular flexibility index (Phi) is 4.64. The summed E-state index contributed by atoms with van der Waals surface area (Å²) in [4.78, 5) is 12.1. The minimum atomic E-state index is -1.10. The molecule has 4 nitrogen and oxygen atoms in total. The first-order chi connectivity index (χ1) is 7.60. The zero-order valence-electron chi connectivity index (χ0n) is 9.48. The number of hydrogen-bond donors (Lipinski definition) is 0. The number of esters is 1. The van der Waals surface area contributed by atoms with Gasteiger partial charge in [-0.25, -0.2) is 4.79 Å². The van der Waals surface area contributed by atoms with E-state index in [4.69, 9.17) is 9.47 Å². The lowest BCUT2D eigenvalue weighted by atomic mass is 10.2. The van der Waals surface area contributed by atoms with Crippen molar-refractivity contribution < 1.29 is 18.8 Å². The Morgan fingerprint density at radius 3 is 2.69 bits per heavy atom. The van der Waals surface area contributed by atoms with Crippen molar-refractivity contribution in [1.29, 1.82) is 0 Å². The average Bonchev–Trinajstić information content (AvgIpc) is 2.28. The van der Waals surface area contributed by atoms with Crippen LogP contribution in [0.5, 0.6) is 5.75 Å². The van der Waals surface area contributed by atoms with Gasteiger partial charge in [-0.05, 0) is 30.2 Å². The summed E-state index contributed by atoms with van der Waals surface area (Å²) in [5, 5.41) is 0. The van der Waals surface area contributed by atoms with E-state index in [-0.39, 0.29) is 0 Å². The van der Waals surface area contributed by atoms with Gasteiger partial charge in [0.15, 0.2) is 4.90 Å². The topological polar surface area (TPSA) is 58.6 Å². The van der Waals surface area contributed by atoms with E-state index in [9.17, 15) is 9.35 Å². The Morgan fingerprint density at radius 2 is 2.19 bits per heavy atom. The van der Waals surface area contributed by atoms with Crippen molar-refractivity contribution in [2.45, 2.75) is 11.8 Å². The second kappa shape index (κ2) is 5.77. The zero-order chi connectivity index (χ0) is 12.1. The molecule has 0 aromatic heterocycles. The van der Waals surface area contributed by atoms with Crippen LogP contribution in [-0.4, -0.2) is 30.5 Å². The quantitative estimate of drug-likeness (QED) is 0.594. The maximum Gasteiger partial charge on any atom is 0.341 e. The number of rotatable bonds is 4. The summed E-state index contributed by atoms with van der Waals surface area (Å²) in [6.45, 7) is 2.04. The second-order valence-corrected chi connectivity index (χ2v) is 4.42. The Bertz CT molecular complexity index is 376. The second-order valence-electron chi connectivity index (χ2n) is 3.04. The molecule has 0 aliphatic carbocycles. The number of carbonyl (C=O) groups is 1. The van der Waals surface area contributed by atoms with Gasteiger partial charge in [-0.2, -0.15) is 0 Å². The predicted molar refractivity (Wildman–Crippen MR) is 61.3 cm³/mol. The van der Waals surface area contributed by atoms with Gasteiger partial charge < -0.3 is 14.0 Å². The van der Waals surface area contributed by atoms with Gasteiger partial charge in [0.25, 0.3) is 0 Å². The van der Waals surface area contributed by atoms with Crippen molar-refractivity contribution in [3.8, 4) is 5.75 Å². The van der Waals surface area contributed by atoms with Crippen molar-refractivity contribution in [2.75, 3.05) is 20.0 Å². The standard InChI is InChI=1S/C11H14O4S/c1-4-15-11(12)9-6-5-8(16(3)13)7-10(9)14-2/h5-7H,4H2,1-3H3. The van der Waals surface area contributed by atoms with Gasteiger partial charge in [0.05, 0.1) is 13.7 Å². The van der Waals surface area contributed by atoms with Crippen LogP contribution in [0.15, 0.2) is 23.1 Å². The number of hydrogen-bond acceptors (Lipinski definition) is 4. The van der Waals surface area contributed by atoms with Crippen LogP contribution < -0.4 is 4.74 Å². The van der Waals surface area contributed by atoms with Crippen molar-refractivity contribution in [1.82, 2.24) is 0 Å². The molecule has 0 saturated carbocycles. The fourth-order valence-electron chi connectivity index (χ4n) is 1.23. The maximum atomic E-state index is 11.5. The molecule has 0 fully saturated rings. The molecule has 88 valence electrons. The van der Waals surface area contributed by atoms with Gasteiger partial charge >= 0.3 is 5.97 Å². The SMILES string of the molecule is CCOC(=O)c1ccc([S+](C)[O-])cc1OC. The van der Waals surface area contributed by atoms with E-state index < -0.39 is 17.1 Å². The third kappa shape index (κ3) is 2.90. The third-order valence-electron chi connectivity index (χ3n) is 2.00.